The number of nitrogens with zero attached hydrogens (tertiary/aromatic N) is 2. The van der Waals surface area contributed by atoms with Crippen LogP contribution in [0.2, 0.25) is 0 Å². The molecule has 3 rings (SSSR count). The number of amides is 1. The van der Waals surface area contributed by atoms with Crippen molar-refractivity contribution in [2.75, 3.05) is 6.61 Å². The van der Waals surface area contributed by atoms with Crippen molar-refractivity contribution < 1.29 is 17.9 Å². The first-order valence-corrected chi connectivity index (χ1v) is 10.3. The molecule has 0 aliphatic carbocycles. The van der Waals surface area contributed by atoms with Crippen molar-refractivity contribution in [1.82, 2.24) is 4.57 Å². The minimum absolute atomic E-state index is 0.00675. The molecule has 0 saturated carbocycles. The summed E-state index contributed by atoms with van der Waals surface area (Å²) in [6.45, 7) is 3.93. The van der Waals surface area contributed by atoms with Crippen molar-refractivity contribution in [3.05, 3.63) is 66.0 Å². The van der Waals surface area contributed by atoms with Crippen LogP contribution in [0.3, 0.4) is 0 Å². The van der Waals surface area contributed by atoms with Crippen LogP contribution in [0.5, 0.6) is 5.75 Å². The summed E-state index contributed by atoms with van der Waals surface area (Å²) in [6.07, 6.45) is 1.67. The molecule has 0 unspecified atom stereocenters. The summed E-state index contributed by atoms with van der Waals surface area (Å²) in [5.41, 5.74) is 0.739. The average Bonchev–Trinajstić information content (AvgIpc) is 2.97. The van der Waals surface area contributed by atoms with Crippen LogP contribution >= 0.6 is 11.3 Å². The van der Waals surface area contributed by atoms with E-state index < -0.39 is 15.9 Å². The fourth-order valence-corrected chi connectivity index (χ4v) is 4.13. The molecular weight excluding hydrogens is 386 g/mol. The van der Waals surface area contributed by atoms with E-state index in [-0.39, 0.29) is 11.5 Å². The molecule has 1 amide bonds. The van der Waals surface area contributed by atoms with Crippen LogP contribution < -0.4 is 14.7 Å². The molecule has 1 heterocycles. The number of hydrogen-bond donors (Lipinski definition) is 1. The zero-order valence-electron chi connectivity index (χ0n) is 14.2. The lowest BCUT2D eigenvalue weighted by molar-refractivity contribution is -0.120. The Morgan fingerprint density at radius 1 is 1.26 bits per heavy atom. The normalized spacial score (nSPS) is 12.3. The maximum absolute atomic E-state index is 12.2. The van der Waals surface area contributed by atoms with E-state index in [1.807, 2.05) is 18.2 Å². The number of benzene rings is 2. The molecule has 9 heteroatoms. The Morgan fingerprint density at radius 2 is 2.00 bits per heavy atom. The van der Waals surface area contributed by atoms with Crippen LogP contribution in [-0.2, 0) is 21.4 Å². The Kier molecular flexibility index (Phi) is 5.54. The second-order valence-electron chi connectivity index (χ2n) is 5.57. The molecule has 0 spiro atoms. The van der Waals surface area contributed by atoms with E-state index in [1.54, 1.807) is 28.8 Å². The number of carbonyl (C=O) groups is 1. The number of carbonyl (C=O) groups excluding carboxylic acids is 1. The van der Waals surface area contributed by atoms with Crippen LogP contribution in [-0.4, -0.2) is 25.5 Å². The van der Waals surface area contributed by atoms with Gasteiger partial charge in [0.2, 0.25) is 10.0 Å². The third-order valence-corrected chi connectivity index (χ3v) is 5.57. The van der Waals surface area contributed by atoms with Gasteiger partial charge < -0.3 is 9.30 Å². The maximum Gasteiger partial charge on any atom is 0.286 e. The molecule has 0 radical (unpaired) electrons. The van der Waals surface area contributed by atoms with Gasteiger partial charge in [0.15, 0.2) is 11.4 Å². The summed E-state index contributed by atoms with van der Waals surface area (Å²) in [5.74, 6) is 0.129. The molecule has 140 valence electrons. The predicted molar refractivity (Wildman–Crippen MR) is 104 cm³/mol. The van der Waals surface area contributed by atoms with E-state index in [1.165, 1.54) is 23.5 Å². The monoisotopic (exact) mass is 403 g/mol. The second kappa shape index (κ2) is 7.87. The summed E-state index contributed by atoms with van der Waals surface area (Å²) in [6, 6.07) is 13.5. The lowest BCUT2D eigenvalue weighted by Gasteiger charge is -2.03. The van der Waals surface area contributed by atoms with Gasteiger partial charge in [-0.2, -0.15) is 4.99 Å². The van der Waals surface area contributed by atoms with E-state index in [4.69, 9.17) is 9.88 Å². The molecule has 0 bridgehead atoms. The van der Waals surface area contributed by atoms with E-state index in [9.17, 15) is 13.2 Å². The van der Waals surface area contributed by atoms with Gasteiger partial charge in [-0.15, -0.1) is 6.58 Å². The molecule has 27 heavy (non-hydrogen) atoms. The first-order valence-electron chi connectivity index (χ1n) is 7.91. The van der Waals surface area contributed by atoms with Crippen molar-refractivity contribution >= 4 is 37.5 Å². The Bertz CT molecular complexity index is 1160. The first kappa shape index (κ1) is 19.0. The highest BCUT2D eigenvalue weighted by Crippen LogP contribution is 2.21. The van der Waals surface area contributed by atoms with Gasteiger partial charge in [0.05, 0.1) is 15.1 Å². The quantitative estimate of drug-likeness (QED) is 0.636. The number of primary sulfonamides is 1. The summed E-state index contributed by atoms with van der Waals surface area (Å²) < 4.78 is 31.0. The molecule has 0 aliphatic rings. The number of hydrogen-bond acceptors (Lipinski definition) is 5. The smallest absolute Gasteiger partial charge is 0.286 e. The third kappa shape index (κ3) is 4.51. The molecule has 0 atom stereocenters. The van der Waals surface area contributed by atoms with Gasteiger partial charge in [0.25, 0.3) is 5.91 Å². The van der Waals surface area contributed by atoms with Crippen molar-refractivity contribution in [3.63, 3.8) is 0 Å². The molecular formula is C18H17N3O4S2. The van der Waals surface area contributed by atoms with E-state index in [0.29, 0.717) is 21.8 Å². The van der Waals surface area contributed by atoms with E-state index >= 15 is 0 Å². The highest BCUT2D eigenvalue weighted by molar-refractivity contribution is 7.89. The van der Waals surface area contributed by atoms with Crippen LogP contribution in [0, 0.1) is 0 Å². The number of rotatable bonds is 6. The number of nitrogens with two attached hydrogens (primary N) is 1. The van der Waals surface area contributed by atoms with Crippen molar-refractivity contribution in [2.45, 2.75) is 11.4 Å². The SMILES string of the molecule is C=CCn1c(=NC(=O)COc2ccccc2)sc2cc(S(N)(=O)=O)ccc21. The van der Waals surface area contributed by atoms with Gasteiger partial charge in [-0.05, 0) is 30.3 Å². The minimum Gasteiger partial charge on any atom is -0.484 e. The predicted octanol–water partition coefficient (Wildman–Crippen LogP) is 2.04. The zero-order valence-corrected chi connectivity index (χ0v) is 15.9. The van der Waals surface area contributed by atoms with Crippen LogP contribution in [0.25, 0.3) is 10.2 Å². The fraction of sp³-hybridized carbons (Fsp3) is 0.111. The molecule has 0 saturated heterocycles. The van der Waals surface area contributed by atoms with Crippen LogP contribution in [0.15, 0.2) is 71.1 Å². The highest BCUT2D eigenvalue weighted by Gasteiger charge is 2.13. The van der Waals surface area contributed by atoms with Gasteiger partial charge in [-0.1, -0.05) is 35.6 Å². The number of thiazole rings is 1. The van der Waals surface area contributed by atoms with Crippen LogP contribution in [0.4, 0.5) is 0 Å². The number of sulfonamides is 1. The van der Waals surface area contributed by atoms with E-state index in [2.05, 4.69) is 11.6 Å². The van der Waals surface area contributed by atoms with Crippen molar-refractivity contribution in [1.29, 1.82) is 0 Å². The summed E-state index contributed by atoms with van der Waals surface area (Å²) in [7, 11) is -3.81. The lowest BCUT2D eigenvalue weighted by Crippen LogP contribution is -2.19. The number of fused-ring (bicyclic) bond motifs is 1. The highest BCUT2D eigenvalue weighted by atomic mass is 32.2. The zero-order chi connectivity index (χ0) is 19.4. The summed E-state index contributed by atoms with van der Waals surface area (Å²) in [4.78, 5) is 16.8. The summed E-state index contributed by atoms with van der Waals surface area (Å²) in [5, 5.41) is 5.19. The molecule has 1 aromatic heterocycles. The topological polar surface area (TPSA) is 104 Å². The molecule has 0 fully saturated rings. The van der Waals surface area contributed by atoms with Crippen molar-refractivity contribution in [3.8, 4) is 5.75 Å². The molecule has 0 aliphatic heterocycles. The Morgan fingerprint density at radius 3 is 2.67 bits per heavy atom. The standard InChI is InChI=1S/C18H17N3O4S2/c1-2-10-21-15-9-8-14(27(19,23)24)11-16(15)26-18(21)20-17(22)12-25-13-6-4-3-5-7-13/h2-9,11H,1,10,12H2,(H2,19,23,24). The van der Waals surface area contributed by atoms with E-state index in [0.717, 1.165) is 5.52 Å². The van der Waals surface area contributed by atoms with Crippen LogP contribution in [0.1, 0.15) is 0 Å². The number of aromatic nitrogens is 1. The van der Waals surface area contributed by atoms with Gasteiger partial charge in [0.1, 0.15) is 5.75 Å². The Balaban J connectivity index is 1.96. The molecule has 2 aromatic carbocycles. The van der Waals surface area contributed by atoms with Gasteiger partial charge in [0, 0.05) is 6.54 Å². The van der Waals surface area contributed by atoms with Gasteiger partial charge >= 0.3 is 0 Å². The Labute approximate surface area is 160 Å². The van der Waals surface area contributed by atoms with Crippen molar-refractivity contribution in [2.24, 2.45) is 10.1 Å². The molecule has 2 N–H and O–H groups in total. The molecule has 3 aromatic rings. The third-order valence-electron chi connectivity index (χ3n) is 3.62. The van der Waals surface area contributed by atoms with Gasteiger partial charge in [-0.3, -0.25) is 4.79 Å². The lowest BCUT2D eigenvalue weighted by atomic mass is 10.3. The Hall–Kier alpha value is -2.75. The van der Waals surface area contributed by atoms with Gasteiger partial charge in [-0.25, -0.2) is 13.6 Å². The number of allylic oxidation sites excluding steroid dienone is 1. The molecule has 7 nitrogen and oxygen atoms in total. The number of ether oxygens (including phenoxy) is 1. The average molecular weight is 403 g/mol. The first-order chi connectivity index (χ1) is 12.9. The fourth-order valence-electron chi connectivity index (χ4n) is 2.42. The largest absolute Gasteiger partial charge is 0.484 e. The summed E-state index contributed by atoms with van der Waals surface area (Å²) >= 11 is 1.20. The second-order valence-corrected chi connectivity index (χ2v) is 8.14. The maximum atomic E-state index is 12.2. The minimum atomic E-state index is -3.81. The number of para-hydroxylation sites is 1.